The van der Waals surface area contributed by atoms with Crippen molar-refractivity contribution >= 4 is 27.4 Å². The quantitative estimate of drug-likeness (QED) is 0.438. The molecule has 1 fully saturated rings. The number of aryl methyl sites for hydroxylation is 3. The zero-order chi connectivity index (χ0) is 22.2. The summed E-state index contributed by atoms with van der Waals surface area (Å²) in [6.07, 6.45) is 7.33. The number of hydrogen-bond acceptors (Lipinski definition) is 8. The number of hydrogen-bond donors (Lipinski definition) is 1. The van der Waals surface area contributed by atoms with Crippen molar-refractivity contribution in [2.24, 2.45) is 0 Å². The molecule has 0 spiro atoms. The van der Waals surface area contributed by atoms with Gasteiger partial charge in [0.2, 0.25) is 0 Å². The van der Waals surface area contributed by atoms with Crippen LogP contribution in [0.4, 0.5) is 5.13 Å². The van der Waals surface area contributed by atoms with Crippen molar-refractivity contribution in [2.75, 3.05) is 37.6 Å². The van der Waals surface area contributed by atoms with E-state index in [0.717, 1.165) is 91.7 Å². The fraction of sp³-hybridized carbons (Fsp3) is 0.417. The van der Waals surface area contributed by atoms with Crippen LogP contribution in [0.25, 0.3) is 22.3 Å². The van der Waals surface area contributed by atoms with Crippen molar-refractivity contribution in [1.82, 2.24) is 25.2 Å². The van der Waals surface area contributed by atoms with Gasteiger partial charge in [0, 0.05) is 54.6 Å². The number of aromatic amines is 1. The highest BCUT2D eigenvalue weighted by molar-refractivity contribution is 7.16. The highest BCUT2D eigenvalue weighted by atomic mass is 32.1. The van der Waals surface area contributed by atoms with Crippen molar-refractivity contribution in [3.63, 3.8) is 0 Å². The summed E-state index contributed by atoms with van der Waals surface area (Å²) in [7, 11) is 0. The van der Waals surface area contributed by atoms with Gasteiger partial charge < -0.3 is 9.88 Å². The molecule has 9 heteroatoms. The number of fused-ring (bicyclic) bond motifs is 4. The lowest BCUT2D eigenvalue weighted by atomic mass is 10.0. The van der Waals surface area contributed by atoms with E-state index in [1.165, 1.54) is 22.2 Å². The summed E-state index contributed by atoms with van der Waals surface area (Å²) in [6.45, 7) is 5.28. The number of piperazine rings is 1. The Morgan fingerprint density at radius 2 is 2.00 bits per heavy atom. The van der Waals surface area contributed by atoms with Crippen LogP contribution in [0.5, 0.6) is 0 Å². The fourth-order valence-electron chi connectivity index (χ4n) is 4.88. The predicted molar refractivity (Wildman–Crippen MR) is 127 cm³/mol. The van der Waals surface area contributed by atoms with Gasteiger partial charge in [-0.1, -0.05) is 5.16 Å². The molecule has 0 unspecified atom stereocenters. The predicted octanol–water partition coefficient (Wildman–Crippen LogP) is 3.79. The van der Waals surface area contributed by atoms with E-state index in [2.05, 4.69) is 37.4 Å². The number of nitrogens with one attached hydrogen (secondary N) is 1. The molecule has 8 nitrogen and oxygen atoms in total. The minimum atomic E-state index is 0.723. The van der Waals surface area contributed by atoms with Crippen LogP contribution >= 0.6 is 11.3 Å². The zero-order valence-electron chi connectivity index (χ0n) is 18.4. The molecule has 2 aliphatic rings. The van der Waals surface area contributed by atoms with Gasteiger partial charge in [-0.05, 0) is 61.1 Å². The molecule has 4 aromatic rings. The third kappa shape index (κ3) is 3.90. The fourth-order valence-corrected chi connectivity index (χ4v) is 5.99. The van der Waals surface area contributed by atoms with Crippen molar-refractivity contribution < 1.29 is 4.63 Å². The second-order valence-corrected chi connectivity index (χ2v) is 9.86. The minimum Gasteiger partial charge on any atom is -0.361 e. The lowest BCUT2D eigenvalue weighted by molar-refractivity contribution is 0.253. The number of rotatable bonds is 6. The topological polar surface area (TPSA) is 97.9 Å². The molecule has 6 rings (SSSR count). The number of benzene rings is 1. The second kappa shape index (κ2) is 8.61. The Morgan fingerprint density at radius 1 is 1.09 bits per heavy atom. The van der Waals surface area contributed by atoms with Gasteiger partial charge in [0.15, 0.2) is 10.8 Å². The van der Waals surface area contributed by atoms with Crippen LogP contribution < -0.4 is 4.90 Å². The van der Waals surface area contributed by atoms with Gasteiger partial charge in [0.1, 0.15) is 11.4 Å². The van der Waals surface area contributed by atoms with Gasteiger partial charge in [-0.3, -0.25) is 4.90 Å². The lowest BCUT2D eigenvalue weighted by Crippen LogP contribution is -2.46. The molecule has 0 atom stereocenters. The summed E-state index contributed by atoms with van der Waals surface area (Å²) in [5.41, 5.74) is 5.88. The van der Waals surface area contributed by atoms with Gasteiger partial charge in [0.25, 0.3) is 0 Å². The maximum Gasteiger partial charge on any atom is 0.186 e. The average molecular weight is 460 g/mol. The summed E-state index contributed by atoms with van der Waals surface area (Å²) in [6, 6.07) is 8.10. The molecule has 4 heterocycles. The molecule has 0 saturated carbocycles. The van der Waals surface area contributed by atoms with Crippen molar-refractivity contribution in [3.8, 4) is 17.5 Å². The van der Waals surface area contributed by atoms with Crippen LogP contribution in [0.15, 0.2) is 29.0 Å². The van der Waals surface area contributed by atoms with Crippen LogP contribution in [0.3, 0.4) is 0 Å². The minimum absolute atomic E-state index is 0.723. The summed E-state index contributed by atoms with van der Waals surface area (Å²) in [5, 5.41) is 19.5. The monoisotopic (exact) mass is 459 g/mol. The van der Waals surface area contributed by atoms with Crippen LogP contribution in [0, 0.1) is 11.3 Å². The summed E-state index contributed by atoms with van der Waals surface area (Å²) < 4.78 is 4.92. The molecule has 168 valence electrons. The molecule has 1 aromatic carbocycles. The van der Waals surface area contributed by atoms with Crippen molar-refractivity contribution in [3.05, 3.63) is 46.1 Å². The number of anilines is 1. The Kier molecular flexibility index (Phi) is 5.32. The molecule has 1 saturated heterocycles. The summed E-state index contributed by atoms with van der Waals surface area (Å²) in [5.74, 6) is 0. The standard InChI is InChI=1S/C24H25N7OS/c25-14-16-4-5-19-18(13-16)17(15-26-19)3-1-2-8-30-9-11-31(12-10-30)24-27-23-21(33-24)7-6-20-22(23)29-32-28-20/h4-5,13,15,26H,1-3,6-12H2. The SMILES string of the molecule is N#Cc1ccc2[nH]cc(CCCCN3CCN(c4nc5c(s4)CCc4nonc4-5)CC3)c2c1. The van der Waals surface area contributed by atoms with Gasteiger partial charge in [-0.25, -0.2) is 9.61 Å². The molecule has 1 aliphatic carbocycles. The number of nitriles is 1. The average Bonchev–Trinajstić information content (AvgIpc) is 3.59. The Bertz CT molecular complexity index is 1320. The first-order valence-electron chi connectivity index (χ1n) is 11.6. The van der Waals surface area contributed by atoms with Gasteiger partial charge in [-0.2, -0.15) is 5.26 Å². The van der Waals surface area contributed by atoms with E-state index < -0.39 is 0 Å². The van der Waals surface area contributed by atoms with Crippen LogP contribution in [-0.4, -0.2) is 57.9 Å². The smallest absolute Gasteiger partial charge is 0.186 e. The maximum atomic E-state index is 9.17. The molecule has 1 aliphatic heterocycles. The molecule has 33 heavy (non-hydrogen) atoms. The van der Waals surface area contributed by atoms with E-state index in [0.29, 0.717) is 0 Å². The largest absolute Gasteiger partial charge is 0.361 e. The van der Waals surface area contributed by atoms with Crippen LogP contribution in [-0.2, 0) is 19.3 Å². The normalized spacial score (nSPS) is 16.0. The Hall–Kier alpha value is -3.22. The molecule has 1 N–H and O–H groups in total. The molecular formula is C24H25N7OS. The zero-order valence-corrected chi connectivity index (χ0v) is 19.2. The van der Waals surface area contributed by atoms with E-state index in [9.17, 15) is 0 Å². The third-order valence-corrected chi connectivity index (χ3v) is 7.94. The molecule has 0 radical (unpaired) electrons. The maximum absolute atomic E-state index is 9.17. The third-order valence-electron chi connectivity index (χ3n) is 6.77. The van der Waals surface area contributed by atoms with E-state index in [1.807, 2.05) is 18.2 Å². The number of H-pyrrole nitrogens is 1. The summed E-state index contributed by atoms with van der Waals surface area (Å²) >= 11 is 1.80. The lowest BCUT2D eigenvalue weighted by Gasteiger charge is -2.34. The molecule has 3 aromatic heterocycles. The first-order chi connectivity index (χ1) is 16.3. The van der Waals surface area contributed by atoms with E-state index >= 15 is 0 Å². The highest BCUT2D eigenvalue weighted by Gasteiger charge is 2.28. The van der Waals surface area contributed by atoms with Crippen molar-refractivity contribution in [2.45, 2.75) is 32.1 Å². The number of aromatic nitrogens is 4. The van der Waals surface area contributed by atoms with E-state index in [4.69, 9.17) is 14.9 Å². The Morgan fingerprint density at radius 3 is 2.88 bits per heavy atom. The van der Waals surface area contributed by atoms with Gasteiger partial charge in [-0.15, -0.1) is 11.3 Å². The Labute approximate surface area is 195 Å². The van der Waals surface area contributed by atoms with E-state index in [-0.39, 0.29) is 0 Å². The van der Waals surface area contributed by atoms with Crippen molar-refractivity contribution in [1.29, 1.82) is 5.26 Å². The Balaban J connectivity index is 0.998. The van der Waals surface area contributed by atoms with E-state index in [1.54, 1.807) is 11.3 Å². The van der Waals surface area contributed by atoms with Crippen LogP contribution in [0.1, 0.15) is 34.5 Å². The number of unbranched alkanes of at least 4 members (excludes halogenated alkanes) is 1. The van der Waals surface area contributed by atoms with Gasteiger partial charge >= 0.3 is 0 Å². The van der Waals surface area contributed by atoms with Gasteiger partial charge in [0.05, 0.1) is 11.6 Å². The first-order valence-corrected chi connectivity index (χ1v) is 12.4. The molecular weight excluding hydrogens is 434 g/mol. The highest BCUT2D eigenvalue weighted by Crippen LogP contribution is 2.38. The number of nitrogens with zero attached hydrogens (tertiary/aromatic N) is 6. The van der Waals surface area contributed by atoms with Crippen LogP contribution in [0.2, 0.25) is 0 Å². The second-order valence-electron chi connectivity index (χ2n) is 8.80. The summed E-state index contributed by atoms with van der Waals surface area (Å²) in [4.78, 5) is 14.5. The molecule has 0 bridgehead atoms. The molecule has 0 amide bonds. The number of thiazole rings is 1. The first kappa shape index (κ1) is 20.4.